The van der Waals surface area contributed by atoms with Crippen LogP contribution >= 0.6 is 0 Å². The first-order valence-electron chi connectivity index (χ1n) is 7.32. The van der Waals surface area contributed by atoms with Crippen LogP contribution in [0.15, 0.2) is 30.5 Å². The summed E-state index contributed by atoms with van der Waals surface area (Å²) in [6.07, 6.45) is 2.67. The summed E-state index contributed by atoms with van der Waals surface area (Å²) in [5.41, 5.74) is 1.44. The van der Waals surface area contributed by atoms with Gasteiger partial charge in [-0.1, -0.05) is 6.07 Å². The van der Waals surface area contributed by atoms with Gasteiger partial charge in [0, 0.05) is 49.2 Å². The van der Waals surface area contributed by atoms with E-state index in [9.17, 15) is 8.78 Å². The minimum Gasteiger partial charge on any atom is -0.350 e. The zero-order chi connectivity index (χ0) is 15.5. The Morgan fingerprint density at radius 3 is 2.95 bits per heavy atom. The first kappa shape index (κ1) is 14.8. The molecule has 1 N–H and O–H groups in total. The first-order chi connectivity index (χ1) is 10.6. The highest BCUT2D eigenvalue weighted by atomic mass is 19.1. The fourth-order valence-electron chi connectivity index (χ4n) is 2.69. The average molecular weight is 304 g/mol. The van der Waals surface area contributed by atoms with Crippen molar-refractivity contribution in [2.45, 2.75) is 25.9 Å². The number of likely N-dealkylation sites (tertiary alicyclic amines) is 1. The Hall–Kier alpha value is -2.08. The molecule has 22 heavy (non-hydrogen) atoms. The maximum Gasteiger partial charge on any atom is 0.223 e. The molecule has 116 valence electrons. The van der Waals surface area contributed by atoms with E-state index in [2.05, 4.69) is 20.2 Å². The summed E-state index contributed by atoms with van der Waals surface area (Å²) in [4.78, 5) is 10.7. The molecule has 0 spiro atoms. The lowest BCUT2D eigenvalue weighted by molar-refractivity contribution is 0.322. The minimum absolute atomic E-state index is 0.241. The summed E-state index contributed by atoms with van der Waals surface area (Å²) in [6.45, 7) is 4.05. The molecule has 1 unspecified atom stereocenters. The lowest BCUT2D eigenvalue weighted by Gasteiger charge is -2.17. The Morgan fingerprint density at radius 1 is 1.32 bits per heavy atom. The number of anilines is 1. The van der Waals surface area contributed by atoms with Crippen molar-refractivity contribution in [3.63, 3.8) is 0 Å². The van der Waals surface area contributed by atoms with Crippen molar-refractivity contribution in [3.05, 3.63) is 53.4 Å². The van der Waals surface area contributed by atoms with Crippen molar-refractivity contribution in [1.29, 1.82) is 0 Å². The average Bonchev–Trinajstić information content (AvgIpc) is 2.89. The number of aryl methyl sites for hydroxylation is 1. The Labute approximate surface area is 128 Å². The monoisotopic (exact) mass is 304 g/mol. The van der Waals surface area contributed by atoms with Crippen LogP contribution in [0.25, 0.3) is 0 Å². The summed E-state index contributed by atoms with van der Waals surface area (Å²) in [5.74, 6) is -0.406. The van der Waals surface area contributed by atoms with Crippen LogP contribution in [0, 0.1) is 18.6 Å². The smallest absolute Gasteiger partial charge is 0.223 e. The summed E-state index contributed by atoms with van der Waals surface area (Å²) < 4.78 is 26.6. The zero-order valence-electron chi connectivity index (χ0n) is 12.4. The Bertz CT molecular complexity index is 662. The van der Waals surface area contributed by atoms with Crippen LogP contribution in [0.1, 0.15) is 17.7 Å². The zero-order valence-corrected chi connectivity index (χ0v) is 12.4. The normalized spacial score (nSPS) is 18.6. The van der Waals surface area contributed by atoms with E-state index in [1.807, 2.05) is 13.0 Å². The van der Waals surface area contributed by atoms with Gasteiger partial charge in [0.25, 0.3) is 0 Å². The summed E-state index contributed by atoms with van der Waals surface area (Å²) in [6, 6.07) is 5.83. The second-order valence-electron chi connectivity index (χ2n) is 5.62. The number of nitrogens with zero attached hydrogens (tertiary/aromatic N) is 3. The minimum atomic E-state index is -0.543. The molecule has 2 aromatic rings. The Balaban J connectivity index is 1.58. The van der Waals surface area contributed by atoms with Gasteiger partial charge in [0.1, 0.15) is 11.6 Å². The van der Waals surface area contributed by atoms with Gasteiger partial charge in [-0.25, -0.2) is 18.7 Å². The molecule has 1 aliphatic heterocycles. The molecule has 1 aromatic carbocycles. The summed E-state index contributed by atoms with van der Waals surface area (Å²) in [5, 5.41) is 3.30. The SMILES string of the molecule is Cc1ccnc(NC2CCN(Cc3ccc(F)cc3F)C2)n1. The van der Waals surface area contributed by atoms with Crippen LogP contribution in [-0.2, 0) is 6.54 Å². The topological polar surface area (TPSA) is 41.1 Å². The molecule has 6 heteroatoms. The molecule has 0 radical (unpaired) electrons. The molecule has 0 bridgehead atoms. The molecule has 4 nitrogen and oxygen atoms in total. The van der Waals surface area contributed by atoms with Gasteiger partial charge in [0.15, 0.2) is 0 Å². The van der Waals surface area contributed by atoms with E-state index in [1.54, 1.807) is 6.20 Å². The van der Waals surface area contributed by atoms with Crippen molar-refractivity contribution in [1.82, 2.24) is 14.9 Å². The molecular weight excluding hydrogens is 286 g/mol. The Kier molecular flexibility index (Phi) is 4.29. The van der Waals surface area contributed by atoms with E-state index in [0.29, 0.717) is 18.1 Å². The summed E-state index contributed by atoms with van der Waals surface area (Å²) >= 11 is 0. The number of nitrogens with one attached hydrogen (secondary N) is 1. The van der Waals surface area contributed by atoms with Gasteiger partial charge < -0.3 is 5.32 Å². The van der Waals surface area contributed by atoms with Crippen LogP contribution in [0.2, 0.25) is 0 Å². The second-order valence-corrected chi connectivity index (χ2v) is 5.62. The lowest BCUT2D eigenvalue weighted by atomic mass is 10.2. The van der Waals surface area contributed by atoms with Crippen molar-refractivity contribution in [3.8, 4) is 0 Å². The van der Waals surface area contributed by atoms with Crippen molar-refractivity contribution in [2.24, 2.45) is 0 Å². The molecule has 1 atom stereocenters. The van der Waals surface area contributed by atoms with Gasteiger partial charge in [0.05, 0.1) is 0 Å². The molecule has 1 saturated heterocycles. The molecule has 1 aliphatic rings. The third-order valence-corrected chi connectivity index (χ3v) is 3.81. The quantitative estimate of drug-likeness (QED) is 0.943. The predicted molar refractivity (Wildman–Crippen MR) is 80.4 cm³/mol. The largest absolute Gasteiger partial charge is 0.350 e. The number of benzene rings is 1. The highest BCUT2D eigenvalue weighted by molar-refractivity contribution is 5.27. The third-order valence-electron chi connectivity index (χ3n) is 3.81. The van der Waals surface area contributed by atoms with Gasteiger partial charge in [0.2, 0.25) is 5.95 Å². The number of aromatic nitrogens is 2. The third kappa shape index (κ3) is 3.57. The number of hydrogen-bond acceptors (Lipinski definition) is 4. The van der Waals surface area contributed by atoms with Crippen LogP contribution in [0.5, 0.6) is 0 Å². The van der Waals surface area contributed by atoms with Crippen molar-refractivity contribution < 1.29 is 8.78 Å². The highest BCUT2D eigenvalue weighted by Crippen LogP contribution is 2.18. The van der Waals surface area contributed by atoms with Crippen LogP contribution < -0.4 is 5.32 Å². The fourth-order valence-corrected chi connectivity index (χ4v) is 2.69. The molecule has 1 aromatic heterocycles. The number of halogens is 2. The number of rotatable bonds is 4. The van der Waals surface area contributed by atoms with E-state index in [1.165, 1.54) is 12.1 Å². The van der Waals surface area contributed by atoms with Gasteiger partial charge in [-0.05, 0) is 25.5 Å². The molecule has 0 aliphatic carbocycles. The molecular formula is C16H18F2N4. The van der Waals surface area contributed by atoms with Gasteiger partial charge in [-0.2, -0.15) is 0 Å². The van der Waals surface area contributed by atoms with E-state index in [-0.39, 0.29) is 6.04 Å². The van der Waals surface area contributed by atoms with Crippen LogP contribution in [0.4, 0.5) is 14.7 Å². The van der Waals surface area contributed by atoms with E-state index < -0.39 is 11.6 Å². The Morgan fingerprint density at radius 2 is 2.18 bits per heavy atom. The maximum atomic E-state index is 13.7. The van der Waals surface area contributed by atoms with Gasteiger partial charge in [-0.15, -0.1) is 0 Å². The lowest BCUT2D eigenvalue weighted by Crippen LogP contribution is -2.27. The molecule has 1 fully saturated rings. The fraction of sp³-hybridized carbons (Fsp3) is 0.375. The van der Waals surface area contributed by atoms with Gasteiger partial charge >= 0.3 is 0 Å². The highest BCUT2D eigenvalue weighted by Gasteiger charge is 2.23. The van der Waals surface area contributed by atoms with Crippen LogP contribution in [0.3, 0.4) is 0 Å². The maximum absolute atomic E-state index is 13.7. The standard InChI is InChI=1S/C16H18F2N4/c1-11-4-6-19-16(20-11)21-14-5-7-22(10-14)9-12-2-3-13(17)8-15(12)18/h2-4,6,8,14H,5,7,9-10H2,1H3,(H,19,20,21). The van der Waals surface area contributed by atoms with E-state index in [0.717, 1.165) is 31.3 Å². The summed E-state index contributed by atoms with van der Waals surface area (Å²) in [7, 11) is 0. The molecule has 3 rings (SSSR count). The van der Waals surface area contributed by atoms with Gasteiger partial charge in [-0.3, -0.25) is 4.90 Å². The predicted octanol–water partition coefficient (Wildman–Crippen LogP) is 2.75. The van der Waals surface area contributed by atoms with Crippen LogP contribution in [-0.4, -0.2) is 34.0 Å². The van der Waals surface area contributed by atoms with E-state index in [4.69, 9.17) is 0 Å². The van der Waals surface area contributed by atoms with E-state index >= 15 is 0 Å². The number of hydrogen-bond donors (Lipinski definition) is 1. The molecule has 2 heterocycles. The van der Waals surface area contributed by atoms with Crippen molar-refractivity contribution >= 4 is 5.95 Å². The van der Waals surface area contributed by atoms with Crippen molar-refractivity contribution in [2.75, 3.05) is 18.4 Å². The first-order valence-corrected chi connectivity index (χ1v) is 7.32. The molecule has 0 amide bonds. The second kappa shape index (κ2) is 6.36. The molecule has 0 saturated carbocycles.